The third kappa shape index (κ3) is 4.88. The van der Waals surface area contributed by atoms with Crippen LogP contribution in [0.1, 0.15) is 12.5 Å². The molecule has 0 heterocycles. The second-order valence-electron chi connectivity index (χ2n) is 4.86. The summed E-state index contributed by atoms with van der Waals surface area (Å²) in [6, 6.07) is 12.7. The molecule has 1 unspecified atom stereocenters. The Labute approximate surface area is 148 Å². The molecular formula is C17H17BrClNO3. The molecule has 23 heavy (non-hydrogen) atoms. The summed E-state index contributed by atoms with van der Waals surface area (Å²) >= 11 is 9.25. The van der Waals surface area contributed by atoms with Crippen molar-refractivity contribution in [2.45, 2.75) is 19.6 Å². The highest BCUT2D eigenvalue weighted by Crippen LogP contribution is 2.28. The zero-order chi connectivity index (χ0) is 16.8. The lowest BCUT2D eigenvalue weighted by atomic mass is 10.2. The molecule has 1 amide bonds. The van der Waals surface area contributed by atoms with Gasteiger partial charge in [0.25, 0.3) is 5.91 Å². The van der Waals surface area contributed by atoms with Crippen LogP contribution >= 0.6 is 27.5 Å². The molecule has 0 saturated carbocycles. The first-order valence-corrected chi connectivity index (χ1v) is 8.19. The largest absolute Gasteiger partial charge is 0.496 e. The van der Waals surface area contributed by atoms with Crippen molar-refractivity contribution in [1.29, 1.82) is 0 Å². The van der Waals surface area contributed by atoms with E-state index in [-0.39, 0.29) is 5.91 Å². The third-order valence-corrected chi connectivity index (χ3v) is 4.07. The fourth-order valence-corrected chi connectivity index (χ4v) is 2.77. The molecule has 2 rings (SSSR count). The van der Waals surface area contributed by atoms with Crippen molar-refractivity contribution in [2.75, 3.05) is 7.11 Å². The molecule has 6 heteroatoms. The maximum Gasteiger partial charge on any atom is 0.261 e. The molecule has 0 radical (unpaired) electrons. The van der Waals surface area contributed by atoms with Crippen molar-refractivity contribution in [1.82, 2.24) is 5.32 Å². The first-order chi connectivity index (χ1) is 11.0. The van der Waals surface area contributed by atoms with Gasteiger partial charge in [-0.2, -0.15) is 0 Å². The van der Waals surface area contributed by atoms with Gasteiger partial charge in [-0.15, -0.1) is 0 Å². The molecule has 2 aromatic rings. The molecule has 122 valence electrons. The van der Waals surface area contributed by atoms with Crippen molar-refractivity contribution in [2.24, 2.45) is 0 Å². The van der Waals surface area contributed by atoms with E-state index >= 15 is 0 Å². The molecule has 0 spiro atoms. The van der Waals surface area contributed by atoms with Gasteiger partial charge in [0.2, 0.25) is 0 Å². The van der Waals surface area contributed by atoms with E-state index in [4.69, 9.17) is 21.1 Å². The Morgan fingerprint density at radius 3 is 2.70 bits per heavy atom. The average molecular weight is 399 g/mol. The lowest BCUT2D eigenvalue weighted by Gasteiger charge is -2.16. The van der Waals surface area contributed by atoms with Crippen LogP contribution in [0.15, 0.2) is 46.9 Å². The van der Waals surface area contributed by atoms with Gasteiger partial charge in [0.1, 0.15) is 11.5 Å². The van der Waals surface area contributed by atoms with Crippen LogP contribution < -0.4 is 14.8 Å². The summed E-state index contributed by atoms with van der Waals surface area (Å²) in [7, 11) is 1.60. The van der Waals surface area contributed by atoms with Crippen LogP contribution in [0.2, 0.25) is 5.02 Å². The van der Waals surface area contributed by atoms with Crippen LogP contribution in [0, 0.1) is 0 Å². The van der Waals surface area contributed by atoms with Gasteiger partial charge in [-0.3, -0.25) is 4.79 Å². The van der Waals surface area contributed by atoms with E-state index in [1.165, 1.54) is 0 Å². The van der Waals surface area contributed by atoms with Crippen molar-refractivity contribution in [3.8, 4) is 11.5 Å². The second-order valence-corrected chi connectivity index (χ2v) is 6.16. The number of rotatable bonds is 6. The van der Waals surface area contributed by atoms with Crippen molar-refractivity contribution < 1.29 is 14.3 Å². The molecule has 0 aliphatic heterocycles. The zero-order valence-corrected chi connectivity index (χ0v) is 15.1. The normalized spacial score (nSPS) is 11.7. The van der Waals surface area contributed by atoms with Crippen LogP contribution in [-0.4, -0.2) is 19.1 Å². The standard InChI is InChI=1S/C17H17BrClNO3/c1-11(23-16-8-7-13(19)9-14(16)18)17(21)20-10-12-5-3-4-6-15(12)22-2/h3-9,11H,10H2,1-2H3,(H,20,21). The van der Waals surface area contributed by atoms with Crippen LogP contribution in [0.3, 0.4) is 0 Å². The second kappa shape index (κ2) is 8.22. The van der Waals surface area contributed by atoms with Crippen molar-refractivity contribution in [3.63, 3.8) is 0 Å². The molecule has 0 aromatic heterocycles. The fourth-order valence-electron chi connectivity index (χ4n) is 1.99. The maximum atomic E-state index is 12.2. The number of ether oxygens (including phenoxy) is 2. The van der Waals surface area contributed by atoms with Crippen molar-refractivity contribution in [3.05, 3.63) is 57.5 Å². The molecular weight excluding hydrogens is 382 g/mol. The van der Waals surface area contributed by atoms with Crippen LogP contribution in [0.4, 0.5) is 0 Å². The summed E-state index contributed by atoms with van der Waals surface area (Å²) in [6.45, 7) is 2.07. The first-order valence-electron chi connectivity index (χ1n) is 7.02. The number of carbonyl (C=O) groups excluding carboxylic acids is 1. The number of benzene rings is 2. The summed E-state index contributed by atoms with van der Waals surface area (Å²) in [6.07, 6.45) is -0.637. The Hall–Kier alpha value is -1.72. The summed E-state index contributed by atoms with van der Waals surface area (Å²) in [5, 5.41) is 3.43. The Bertz CT molecular complexity index is 693. The van der Waals surface area contributed by atoms with Gasteiger partial charge in [-0.25, -0.2) is 0 Å². The smallest absolute Gasteiger partial charge is 0.261 e. The molecule has 1 atom stereocenters. The van der Waals surface area contributed by atoms with Crippen LogP contribution in [-0.2, 0) is 11.3 Å². The highest BCUT2D eigenvalue weighted by Gasteiger charge is 2.16. The predicted molar refractivity (Wildman–Crippen MR) is 94.1 cm³/mol. The molecule has 0 aliphatic carbocycles. The number of hydrogen-bond donors (Lipinski definition) is 1. The van der Waals surface area contributed by atoms with E-state index in [0.29, 0.717) is 21.8 Å². The van der Waals surface area contributed by atoms with Gasteiger partial charge >= 0.3 is 0 Å². The third-order valence-electron chi connectivity index (χ3n) is 3.21. The van der Waals surface area contributed by atoms with Crippen LogP contribution in [0.5, 0.6) is 11.5 Å². The Balaban J connectivity index is 1.95. The Morgan fingerprint density at radius 1 is 1.26 bits per heavy atom. The van der Waals surface area contributed by atoms with E-state index in [0.717, 1.165) is 11.3 Å². The number of nitrogens with one attached hydrogen (secondary N) is 1. The Morgan fingerprint density at radius 2 is 2.00 bits per heavy atom. The quantitative estimate of drug-likeness (QED) is 0.793. The van der Waals surface area contributed by atoms with E-state index < -0.39 is 6.10 Å². The van der Waals surface area contributed by atoms with E-state index in [9.17, 15) is 4.79 Å². The topological polar surface area (TPSA) is 47.6 Å². The Kier molecular flexibility index (Phi) is 6.30. The SMILES string of the molecule is COc1ccccc1CNC(=O)C(C)Oc1ccc(Cl)cc1Br. The minimum Gasteiger partial charge on any atom is -0.496 e. The number of hydrogen-bond acceptors (Lipinski definition) is 3. The molecule has 0 bridgehead atoms. The average Bonchev–Trinajstić information content (AvgIpc) is 2.55. The zero-order valence-electron chi connectivity index (χ0n) is 12.8. The highest BCUT2D eigenvalue weighted by molar-refractivity contribution is 9.10. The molecule has 1 N–H and O–H groups in total. The van der Waals surface area contributed by atoms with Gasteiger partial charge in [-0.05, 0) is 47.1 Å². The van der Waals surface area contributed by atoms with E-state index in [1.807, 2.05) is 24.3 Å². The lowest BCUT2D eigenvalue weighted by molar-refractivity contribution is -0.127. The van der Waals surface area contributed by atoms with Gasteiger partial charge in [0.05, 0.1) is 11.6 Å². The number of para-hydroxylation sites is 1. The highest BCUT2D eigenvalue weighted by atomic mass is 79.9. The lowest BCUT2D eigenvalue weighted by Crippen LogP contribution is -2.36. The first kappa shape index (κ1) is 17.6. The molecule has 2 aromatic carbocycles. The molecule has 0 fully saturated rings. The van der Waals surface area contributed by atoms with Crippen molar-refractivity contribution >= 4 is 33.4 Å². The summed E-state index contributed by atoms with van der Waals surface area (Å²) in [4.78, 5) is 12.2. The number of methoxy groups -OCH3 is 1. The number of halogens is 2. The minimum absolute atomic E-state index is 0.210. The molecule has 0 aliphatic rings. The van der Waals surface area contributed by atoms with Gasteiger partial charge in [-0.1, -0.05) is 29.8 Å². The molecule has 4 nitrogen and oxygen atoms in total. The number of carbonyl (C=O) groups is 1. The predicted octanol–water partition coefficient (Wildman–Crippen LogP) is 4.19. The van der Waals surface area contributed by atoms with Crippen LogP contribution in [0.25, 0.3) is 0 Å². The summed E-state index contributed by atoms with van der Waals surface area (Å²) in [5.74, 6) is 1.09. The fraction of sp³-hybridized carbons (Fsp3) is 0.235. The monoisotopic (exact) mass is 397 g/mol. The van der Waals surface area contributed by atoms with Gasteiger partial charge in [0.15, 0.2) is 6.10 Å². The minimum atomic E-state index is -0.637. The number of amides is 1. The summed E-state index contributed by atoms with van der Waals surface area (Å²) in [5.41, 5.74) is 0.906. The van der Waals surface area contributed by atoms with E-state index in [1.54, 1.807) is 32.2 Å². The molecule has 0 saturated heterocycles. The van der Waals surface area contributed by atoms with E-state index in [2.05, 4.69) is 21.2 Å². The summed E-state index contributed by atoms with van der Waals surface area (Å²) < 4.78 is 11.6. The van der Waals surface area contributed by atoms with Gasteiger partial charge in [0, 0.05) is 17.1 Å². The van der Waals surface area contributed by atoms with Gasteiger partial charge < -0.3 is 14.8 Å². The maximum absolute atomic E-state index is 12.2.